The Labute approximate surface area is 126 Å². The number of rotatable bonds is 7. The van der Waals surface area contributed by atoms with Crippen LogP contribution in [0.2, 0.25) is 0 Å². The van der Waals surface area contributed by atoms with Crippen molar-refractivity contribution >= 4 is 17.0 Å². The SMILES string of the molecule is O=[N+]([O-])c1cc(CNC2CC2)ccc1OCc1cccs1. The van der Waals surface area contributed by atoms with Crippen molar-refractivity contribution in [3.05, 3.63) is 56.3 Å². The van der Waals surface area contributed by atoms with Crippen LogP contribution in [-0.2, 0) is 13.2 Å². The molecule has 0 bridgehead atoms. The van der Waals surface area contributed by atoms with Crippen molar-refractivity contribution in [1.82, 2.24) is 5.32 Å². The molecule has 2 aromatic rings. The fourth-order valence-electron chi connectivity index (χ4n) is 2.03. The maximum atomic E-state index is 11.2. The lowest BCUT2D eigenvalue weighted by Gasteiger charge is -2.08. The van der Waals surface area contributed by atoms with E-state index in [4.69, 9.17) is 4.74 Å². The number of nitrogens with zero attached hydrogens (tertiary/aromatic N) is 1. The molecule has 0 aliphatic heterocycles. The summed E-state index contributed by atoms with van der Waals surface area (Å²) in [5.41, 5.74) is 0.943. The van der Waals surface area contributed by atoms with Gasteiger partial charge in [0, 0.05) is 23.5 Å². The normalized spacial score (nSPS) is 14.1. The molecule has 1 aromatic heterocycles. The Hall–Kier alpha value is -1.92. The smallest absolute Gasteiger partial charge is 0.311 e. The van der Waals surface area contributed by atoms with Crippen LogP contribution in [0.1, 0.15) is 23.3 Å². The largest absolute Gasteiger partial charge is 0.481 e. The van der Waals surface area contributed by atoms with Crippen molar-refractivity contribution in [3.8, 4) is 5.75 Å². The molecule has 0 spiro atoms. The quantitative estimate of drug-likeness (QED) is 0.628. The van der Waals surface area contributed by atoms with Gasteiger partial charge in [-0.3, -0.25) is 10.1 Å². The molecule has 0 radical (unpaired) electrons. The fourth-order valence-corrected chi connectivity index (χ4v) is 2.65. The Kier molecular flexibility index (Phi) is 4.17. The molecule has 3 rings (SSSR count). The fraction of sp³-hybridized carbons (Fsp3) is 0.333. The zero-order valence-electron chi connectivity index (χ0n) is 11.5. The predicted octanol–water partition coefficient (Wildman–Crippen LogP) is 3.49. The molecule has 1 N–H and O–H groups in total. The third-order valence-electron chi connectivity index (χ3n) is 3.34. The summed E-state index contributed by atoms with van der Waals surface area (Å²) in [6.07, 6.45) is 2.40. The van der Waals surface area contributed by atoms with Crippen molar-refractivity contribution in [2.45, 2.75) is 32.0 Å². The van der Waals surface area contributed by atoms with E-state index in [-0.39, 0.29) is 10.6 Å². The summed E-state index contributed by atoms with van der Waals surface area (Å²) in [4.78, 5) is 11.9. The van der Waals surface area contributed by atoms with E-state index in [1.165, 1.54) is 12.8 Å². The summed E-state index contributed by atoms with van der Waals surface area (Å²) < 4.78 is 5.58. The molecule has 6 heteroatoms. The third-order valence-corrected chi connectivity index (χ3v) is 4.19. The highest BCUT2D eigenvalue weighted by molar-refractivity contribution is 7.09. The van der Waals surface area contributed by atoms with Gasteiger partial charge in [-0.25, -0.2) is 0 Å². The topological polar surface area (TPSA) is 64.4 Å². The molecule has 1 saturated carbocycles. The molecule has 21 heavy (non-hydrogen) atoms. The Morgan fingerprint density at radius 2 is 2.24 bits per heavy atom. The van der Waals surface area contributed by atoms with Gasteiger partial charge in [-0.1, -0.05) is 12.1 Å². The van der Waals surface area contributed by atoms with Crippen LogP contribution in [0.4, 0.5) is 5.69 Å². The monoisotopic (exact) mass is 304 g/mol. The number of nitro benzene ring substituents is 1. The first-order chi connectivity index (χ1) is 10.2. The van der Waals surface area contributed by atoms with Gasteiger partial charge >= 0.3 is 5.69 Å². The highest BCUT2D eigenvalue weighted by atomic mass is 32.1. The van der Waals surface area contributed by atoms with E-state index in [2.05, 4.69) is 5.32 Å². The first-order valence-corrected chi connectivity index (χ1v) is 7.76. The lowest BCUT2D eigenvalue weighted by atomic mass is 10.2. The second kappa shape index (κ2) is 6.24. The summed E-state index contributed by atoms with van der Waals surface area (Å²) in [6, 6.07) is 9.63. The van der Waals surface area contributed by atoms with Gasteiger partial charge in [0.05, 0.1) is 4.92 Å². The van der Waals surface area contributed by atoms with E-state index in [9.17, 15) is 10.1 Å². The van der Waals surface area contributed by atoms with E-state index in [0.717, 1.165) is 10.4 Å². The number of ether oxygens (including phenoxy) is 1. The van der Waals surface area contributed by atoms with Crippen LogP contribution >= 0.6 is 11.3 Å². The van der Waals surface area contributed by atoms with Crippen LogP contribution in [0.5, 0.6) is 5.75 Å². The van der Waals surface area contributed by atoms with Gasteiger partial charge < -0.3 is 10.1 Å². The molecule has 1 aliphatic rings. The van der Waals surface area contributed by atoms with Gasteiger partial charge in [0.25, 0.3) is 0 Å². The summed E-state index contributed by atoms with van der Waals surface area (Å²) in [6.45, 7) is 1.02. The lowest BCUT2D eigenvalue weighted by Crippen LogP contribution is -2.15. The maximum Gasteiger partial charge on any atom is 0.311 e. The standard InChI is InChI=1S/C15H16N2O3S/c18-17(19)14-8-11(9-16-12-4-5-12)3-6-15(14)20-10-13-2-1-7-21-13/h1-3,6-8,12,16H,4-5,9-10H2. The van der Waals surface area contributed by atoms with Crippen LogP contribution < -0.4 is 10.1 Å². The van der Waals surface area contributed by atoms with Gasteiger partial charge in [-0.15, -0.1) is 11.3 Å². The van der Waals surface area contributed by atoms with Crippen molar-refractivity contribution in [2.24, 2.45) is 0 Å². The first-order valence-electron chi connectivity index (χ1n) is 6.88. The minimum Gasteiger partial charge on any atom is -0.481 e. The Morgan fingerprint density at radius 1 is 1.38 bits per heavy atom. The highest BCUT2D eigenvalue weighted by Gasteiger charge is 2.21. The van der Waals surface area contributed by atoms with Crippen molar-refractivity contribution in [3.63, 3.8) is 0 Å². The van der Waals surface area contributed by atoms with Gasteiger partial charge in [-0.2, -0.15) is 0 Å². The van der Waals surface area contributed by atoms with Crippen molar-refractivity contribution < 1.29 is 9.66 Å². The zero-order valence-corrected chi connectivity index (χ0v) is 12.3. The zero-order chi connectivity index (χ0) is 14.7. The van der Waals surface area contributed by atoms with Crippen LogP contribution in [0.15, 0.2) is 35.7 Å². The number of benzene rings is 1. The van der Waals surface area contributed by atoms with Crippen LogP contribution in [-0.4, -0.2) is 11.0 Å². The third kappa shape index (κ3) is 3.80. The van der Waals surface area contributed by atoms with Crippen LogP contribution in [0.3, 0.4) is 0 Å². The first kappa shape index (κ1) is 14.0. The van der Waals surface area contributed by atoms with E-state index < -0.39 is 0 Å². The molecule has 0 unspecified atom stereocenters. The molecule has 5 nitrogen and oxygen atoms in total. The molecule has 0 amide bonds. The average molecular weight is 304 g/mol. The van der Waals surface area contributed by atoms with Crippen molar-refractivity contribution in [1.29, 1.82) is 0 Å². The maximum absolute atomic E-state index is 11.2. The Bertz CT molecular complexity index is 624. The number of hydrogen-bond acceptors (Lipinski definition) is 5. The molecule has 1 heterocycles. The number of nitro groups is 1. The van der Waals surface area contributed by atoms with Crippen LogP contribution in [0.25, 0.3) is 0 Å². The van der Waals surface area contributed by atoms with Gasteiger partial charge in [0.15, 0.2) is 5.75 Å². The molecular weight excluding hydrogens is 288 g/mol. The molecular formula is C15H16N2O3S. The lowest BCUT2D eigenvalue weighted by molar-refractivity contribution is -0.386. The van der Waals surface area contributed by atoms with Gasteiger partial charge in [0.2, 0.25) is 0 Å². The Morgan fingerprint density at radius 3 is 2.90 bits per heavy atom. The van der Waals surface area contributed by atoms with Crippen molar-refractivity contribution in [2.75, 3.05) is 0 Å². The molecule has 0 saturated heterocycles. The summed E-state index contributed by atoms with van der Waals surface area (Å²) >= 11 is 1.57. The second-order valence-corrected chi connectivity index (χ2v) is 6.11. The van der Waals surface area contributed by atoms with E-state index >= 15 is 0 Å². The minimum atomic E-state index is -0.385. The highest BCUT2D eigenvalue weighted by Crippen LogP contribution is 2.29. The Balaban J connectivity index is 1.70. The van der Waals surface area contributed by atoms with Gasteiger partial charge in [0.1, 0.15) is 6.61 Å². The minimum absolute atomic E-state index is 0.0293. The predicted molar refractivity (Wildman–Crippen MR) is 81.6 cm³/mol. The molecule has 1 aromatic carbocycles. The van der Waals surface area contributed by atoms with Gasteiger partial charge in [-0.05, 0) is 35.9 Å². The second-order valence-electron chi connectivity index (χ2n) is 5.08. The average Bonchev–Trinajstić information content (AvgIpc) is 3.17. The number of hydrogen-bond donors (Lipinski definition) is 1. The summed E-state index contributed by atoms with van der Waals surface area (Å²) in [7, 11) is 0. The number of thiophene rings is 1. The molecule has 110 valence electrons. The molecule has 0 atom stereocenters. The van der Waals surface area contributed by atoms with E-state index in [1.54, 1.807) is 23.5 Å². The molecule has 1 fully saturated rings. The van der Waals surface area contributed by atoms with E-state index in [1.807, 2.05) is 23.6 Å². The van der Waals surface area contributed by atoms with Crippen LogP contribution in [0, 0.1) is 10.1 Å². The molecule has 1 aliphatic carbocycles. The summed E-state index contributed by atoms with van der Waals surface area (Å²) in [5.74, 6) is 0.323. The van der Waals surface area contributed by atoms with E-state index in [0.29, 0.717) is 24.9 Å². The summed E-state index contributed by atoms with van der Waals surface area (Å²) in [5, 5.41) is 16.5. The number of nitrogens with one attached hydrogen (secondary N) is 1.